The molecular weight excluding hydrogens is 481 g/mol. The molecule has 0 saturated heterocycles. The summed E-state index contributed by atoms with van der Waals surface area (Å²) in [5, 5.41) is 10.6. The van der Waals surface area contributed by atoms with Gasteiger partial charge in [-0.25, -0.2) is 8.42 Å². The molecule has 0 saturated carbocycles. The third kappa shape index (κ3) is 5.32. The molecule has 3 aromatic carbocycles. The minimum absolute atomic E-state index is 0.00529. The van der Waals surface area contributed by atoms with E-state index in [1.165, 1.54) is 36.5 Å². The predicted octanol–water partition coefficient (Wildman–Crippen LogP) is 6.15. The monoisotopic (exact) mass is 502 g/mol. The van der Waals surface area contributed by atoms with Gasteiger partial charge in [-0.05, 0) is 74.5 Å². The first-order valence-corrected chi connectivity index (χ1v) is 11.9. The van der Waals surface area contributed by atoms with Crippen molar-refractivity contribution in [2.24, 2.45) is 4.99 Å². The summed E-state index contributed by atoms with van der Waals surface area (Å²) in [7, 11) is -4.48. The second-order valence-corrected chi connectivity index (χ2v) is 10.0. The molecule has 10 heteroatoms. The first-order chi connectivity index (χ1) is 16.4. The van der Waals surface area contributed by atoms with E-state index in [0.29, 0.717) is 28.6 Å². The lowest BCUT2D eigenvalue weighted by molar-refractivity contribution is -0.139. The highest BCUT2D eigenvalue weighted by molar-refractivity contribution is 7.92. The van der Waals surface area contributed by atoms with Crippen LogP contribution in [0.3, 0.4) is 0 Å². The number of anilines is 1. The SMILES string of the molecule is CC1(C)C=Cc2c(ccc(/C=N/c3ccc(NS(=O)(=O)c4ccccc4C(F)(F)F)cc3)c2O)O1. The fourth-order valence-electron chi connectivity index (χ4n) is 3.47. The number of nitrogens with zero attached hydrogens (tertiary/aromatic N) is 1. The maximum Gasteiger partial charge on any atom is 0.417 e. The Hall–Kier alpha value is -3.79. The van der Waals surface area contributed by atoms with Crippen LogP contribution in [0.4, 0.5) is 24.5 Å². The number of phenols is 1. The van der Waals surface area contributed by atoms with Crippen molar-refractivity contribution in [2.75, 3.05) is 4.72 Å². The van der Waals surface area contributed by atoms with Crippen LogP contribution in [0.2, 0.25) is 0 Å². The Kier molecular flexibility index (Phi) is 6.10. The summed E-state index contributed by atoms with van der Waals surface area (Å²) in [5.74, 6) is 0.557. The van der Waals surface area contributed by atoms with Crippen LogP contribution in [0.5, 0.6) is 11.5 Å². The maximum atomic E-state index is 13.2. The van der Waals surface area contributed by atoms with Crippen molar-refractivity contribution in [3.63, 3.8) is 0 Å². The molecule has 0 fully saturated rings. The zero-order chi connectivity index (χ0) is 25.4. The Morgan fingerprint density at radius 3 is 2.40 bits per heavy atom. The van der Waals surface area contributed by atoms with Crippen molar-refractivity contribution < 1.29 is 31.4 Å². The van der Waals surface area contributed by atoms with Gasteiger partial charge in [0.25, 0.3) is 10.0 Å². The molecule has 3 aromatic rings. The first-order valence-electron chi connectivity index (χ1n) is 10.4. The molecule has 0 spiro atoms. The number of alkyl halides is 3. The van der Waals surface area contributed by atoms with E-state index in [1.54, 1.807) is 18.2 Å². The topological polar surface area (TPSA) is 88.0 Å². The second-order valence-electron chi connectivity index (χ2n) is 8.36. The van der Waals surface area contributed by atoms with Gasteiger partial charge in [0, 0.05) is 17.5 Å². The lowest BCUT2D eigenvalue weighted by atomic mass is 10.00. The Morgan fingerprint density at radius 2 is 1.71 bits per heavy atom. The number of benzene rings is 3. The summed E-state index contributed by atoms with van der Waals surface area (Å²) in [5.41, 5.74) is -0.228. The van der Waals surface area contributed by atoms with Crippen molar-refractivity contribution in [2.45, 2.75) is 30.5 Å². The third-order valence-electron chi connectivity index (χ3n) is 5.19. The van der Waals surface area contributed by atoms with Crippen LogP contribution < -0.4 is 9.46 Å². The van der Waals surface area contributed by atoms with Gasteiger partial charge in [0.15, 0.2) is 0 Å². The molecule has 1 aliphatic heterocycles. The highest BCUT2D eigenvalue weighted by atomic mass is 32.2. The molecule has 6 nitrogen and oxygen atoms in total. The number of fused-ring (bicyclic) bond motifs is 1. The number of sulfonamides is 1. The normalized spacial score (nSPS) is 15.0. The van der Waals surface area contributed by atoms with Gasteiger partial charge in [0.2, 0.25) is 0 Å². The standard InChI is InChI=1S/C25H21F3N2O4S/c1-24(2)14-13-19-21(34-24)12-7-16(23(19)31)15-29-17-8-10-18(11-9-17)30-35(32,33)22-6-4-3-5-20(22)25(26,27)28/h3-15,30-31H,1-2H3/b29-15+. The average molecular weight is 503 g/mol. The van der Waals surface area contributed by atoms with Gasteiger partial charge < -0.3 is 9.84 Å². The quantitative estimate of drug-likeness (QED) is 0.410. The van der Waals surface area contributed by atoms with Gasteiger partial charge in [-0.1, -0.05) is 12.1 Å². The number of hydrogen-bond donors (Lipinski definition) is 2. The van der Waals surface area contributed by atoms with E-state index >= 15 is 0 Å². The van der Waals surface area contributed by atoms with Gasteiger partial charge in [-0.15, -0.1) is 0 Å². The van der Waals surface area contributed by atoms with Crippen LogP contribution in [0, 0.1) is 0 Å². The van der Waals surface area contributed by atoms with E-state index in [-0.39, 0.29) is 11.4 Å². The largest absolute Gasteiger partial charge is 0.506 e. The number of halogens is 3. The fourth-order valence-corrected chi connectivity index (χ4v) is 4.75. The first kappa shape index (κ1) is 24.3. The molecule has 2 N–H and O–H groups in total. The van der Waals surface area contributed by atoms with Crippen LogP contribution in [-0.2, 0) is 16.2 Å². The van der Waals surface area contributed by atoms with Crippen LogP contribution in [0.1, 0.15) is 30.5 Å². The highest BCUT2D eigenvalue weighted by Crippen LogP contribution is 2.38. The van der Waals surface area contributed by atoms with E-state index in [4.69, 9.17) is 4.74 Å². The van der Waals surface area contributed by atoms with Crippen LogP contribution in [-0.4, -0.2) is 25.3 Å². The predicted molar refractivity (Wildman–Crippen MR) is 128 cm³/mol. The van der Waals surface area contributed by atoms with Crippen molar-refractivity contribution in [1.29, 1.82) is 0 Å². The lowest BCUT2D eigenvalue weighted by Gasteiger charge is -2.28. The summed E-state index contributed by atoms with van der Waals surface area (Å²) >= 11 is 0. The Bertz CT molecular complexity index is 1430. The molecule has 0 unspecified atom stereocenters. The van der Waals surface area contributed by atoms with E-state index in [0.717, 1.165) is 12.1 Å². The molecule has 1 heterocycles. The number of hydrogen-bond acceptors (Lipinski definition) is 5. The van der Waals surface area contributed by atoms with Crippen LogP contribution in [0.15, 0.2) is 76.6 Å². The zero-order valence-corrected chi connectivity index (χ0v) is 19.5. The van der Waals surface area contributed by atoms with Crippen molar-refractivity contribution in [3.8, 4) is 11.5 Å². The minimum atomic E-state index is -4.82. The minimum Gasteiger partial charge on any atom is -0.506 e. The summed E-state index contributed by atoms with van der Waals surface area (Å²) in [4.78, 5) is 3.42. The van der Waals surface area contributed by atoms with Crippen LogP contribution in [0.25, 0.3) is 6.08 Å². The number of nitrogens with one attached hydrogen (secondary N) is 1. The van der Waals surface area contributed by atoms with Gasteiger partial charge >= 0.3 is 6.18 Å². The molecule has 0 bridgehead atoms. The van der Waals surface area contributed by atoms with Crippen molar-refractivity contribution >= 4 is 33.7 Å². The summed E-state index contributed by atoms with van der Waals surface area (Å²) < 4.78 is 72.8. The van der Waals surface area contributed by atoms with E-state index in [1.807, 2.05) is 19.9 Å². The van der Waals surface area contributed by atoms with E-state index in [2.05, 4.69) is 9.71 Å². The van der Waals surface area contributed by atoms with E-state index < -0.39 is 32.3 Å². The van der Waals surface area contributed by atoms with Gasteiger partial charge in [-0.3, -0.25) is 9.71 Å². The highest BCUT2D eigenvalue weighted by Gasteiger charge is 2.36. The van der Waals surface area contributed by atoms with Gasteiger partial charge in [0.1, 0.15) is 17.1 Å². The lowest BCUT2D eigenvalue weighted by Crippen LogP contribution is -2.27. The molecule has 0 aromatic heterocycles. The van der Waals surface area contributed by atoms with Gasteiger partial charge in [-0.2, -0.15) is 13.2 Å². The van der Waals surface area contributed by atoms with E-state index in [9.17, 15) is 26.7 Å². The summed E-state index contributed by atoms with van der Waals surface area (Å²) in [6.07, 6.45) is 0.248. The second kappa shape index (κ2) is 8.77. The molecule has 0 radical (unpaired) electrons. The maximum absolute atomic E-state index is 13.2. The average Bonchev–Trinajstić information content (AvgIpc) is 2.78. The molecule has 35 heavy (non-hydrogen) atoms. The smallest absolute Gasteiger partial charge is 0.417 e. The van der Waals surface area contributed by atoms with Crippen molar-refractivity contribution in [3.05, 3.63) is 83.4 Å². The number of phenolic OH excluding ortho intramolecular Hbond substituents is 1. The molecule has 0 amide bonds. The third-order valence-corrected chi connectivity index (χ3v) is 6.63. The number of rotatable bonds is 5. The molecule has 0 aliphatic carbocycles. The molecule has 4 rings (SSSR count). The summed E-state index contributed by atoms with van der Waals surface area (Å²) in [6.45, 7) is 3.80. The Balaban J connectivity index is 1.52. The fraction of sp³-hybridized carbons (Fsp3) is 0.160. The summed E-state index contributed by atoms with van der Waals surface area (Å²) in [6, 6.07) is 13.1. The Morgan fingerprint density at radius 1 is 1.03 bits per heavy atom. The molecule has 1 aliphatic rings. The number of ether oxygens (including phenoxy) is 1. The molecule has 182 valence electrons. The number of aliphatic imine (C=N–C) groups is 1. The van der Waals surface area contributed by atoms with Crippen LogP contribution >= 0.6 is 0 Å². The van der Waals surface area contributed by atoms with Gasteiger partial charge in [0.05, 0.1) is 21.7 Å². The molecule has 0 atom stereocenters. The zero-order valence-electron chi connectivity index (χ0n) is 18.7. The number of aromatic hydroxyl groups is 1. The Labute approximate surface area is 200 Å². The molecular formula is C25H21F3N2O4S. The van der Waals surface area contributed by atoms with Crippen molar-refractivity contribution in [1.82, 2.24) is 0 Å².